The van der Waals surface area contributed by atoms with Gasteiger partial charge in [-0.3, -0.25) is 4.90 Å². The van der Waals surface area contributed by atoms with E-state index in [0.29, 0.717) is 26.4 Å². The highest BCUT2D eigenvalue weighted by Crippen LogP contribution is 2.35. The molecule has 2 heterocycles. The van der Waals surface area contributed by atoms with Gasteiger partial charge in [-0.1, -0.05) is 41.4 Å². The van der Waals surface area contributed by atoms with Gasteiger partial charge >= 0.3 is 0 Å². The van der Waals surface area contributed by atoms with Gasteiger partial charge in [-0.05, 0) is 44.1 Å². The number of hydrogen-bond donors (Lipinski definition) is 1. The number of nitrogens with one attached hydrogen (secondary N) is 1. The first-order valence-electron chi connectivity index (χ1n) is 8.96. The fourth-order valence-electron chi connectivity index (χ4n) is 3.44. The highest BCUT2D eigenvalue weighted by molar-refractivity contribution is 7.85. The van der Waals surface area contributed by atoms with Crippen molar-refractivity contribution in [2.75, 3.05) is 26.2 Å². The number of para-hydroxylation sites is 1. The highest BCUT2D eigenvalue weighted by atomic mass is 35.5. The predicted octanol–water partition coefficient (Wildman–Crippen LogP) is 5.12. The average Bonchev–Trinajstić information content (AvgIpc) is 3.31. The fraction of sp³-hybridized carbons (Fsp3) is 0.300. The van der Waals surface area contributed by atoms with Crippen molar-refractivity contribution in [3.8, 4) is 5.75 Å². The van der Waals surface area contributed by atoms with Gasteiger partial charge in [0.1, 0.15) is 12.4 Å². The van der Waals surface area contributed by atoms with Gasteiger partial charge in [-0.15, -0.1) is 0 Å². The summed E-state index contributed by atoms with van der Waals surface area (Å²) in [4.78, 5) is 6.69. The second-order valence-electron chi connectivity index (χ2n) is 6.55. The molecule has 1 saturated heterocycles. The van der Waals surface area contributed by atoms with E-state index in [1.807, 2.05) is 18.2 Å². The van der Waals surface area contributed by atoms with Crippen LogP contribution in [0.3, 0.4) is 0 Å². The lowest BCUT2D eigenvalue weighted by atomic mass is 10.2. The Kier molecular flexibility index (Phi) is 5.74. The van der Waals surface area contributed by atoms with Gasteiger partial charge in [0, 0.05) is 18.1 Å². The predicted molar refractivity (Wildman–Crippen MR) is 111 cm³/mol. The van der Waals surface area contributed by atoms with Gasteiger partial charge in [0.05, 0.1) is 36.2 Å². The molecule has 1 aliphatic rings. The lowest BCUT2D eigenvalue weighted by molar-refractivity contribution is 0.239. The molecule has 1 atom stereocenters. The zero-order valence-electron chi connectivity index (χ0n) is 14.7. The van der Waals surface area contributed by atoms with Crippen LogP contribution in [0.4, 0.5) is 0 Å². The standard InChI is InChI=1S/C20H20Cl2N2O2S/c21-15-6-4-7-16(22)20(15)27(25)18-13-23-19-14(18)5-3-8-17(19)26-12-11-24-9-1-2-10-24/h3-8,13,23H,1-2,9-12H2. The van der Waals surface area contributed by atoms with Crippen molar-refractivity contribution in [1.29, 1.82) is 0 Å². The summed E-state index contributed by atoms with van der Waals surface area (Å²) < 4.78 is 19.1. The molecule has 27 heavy (non-hydrogen) atoms. The number of likely N-dealkylation sites (tertiary alicyclic amines) is 1. The molecular weight excluding hydrogens is 403 g/mol. The Morgan fingerprint density at radius 3 is 2.52 bits per heavy atom. The Morgan fingerprint density at radius 2 is 1.78 bits per heavy atom. The van der Waals surface area contributed by atoms with E-state index >= 15 is 0 Å². The van der Waals surface area contributed by atoms with E-state index in [1.165, 1.54) is 12.8 Å². The van der Waals surface area contributed by atoms with Crippen LogP contribution in [0.25, 0.3) is 10.9 Å². The van der Waals surface area contributed by atoms with Crippen molar-refractivity contribution < 1.29 is 8.95 Å². The minimum atomic E-state index is -1.49. The first-order valence-corrected chi connectivity index (χ1v) is 10.9. The number of hydrogen-bond acceptors (Lipinski definition) is 3. The third kappa shape index (κ3) is 3.87. The van der Waals surface area contributed by atoms with E-state index in [0.717, 1.165) is 36.3 Å². The first-order chi connectivity index (χ1) is 13.1. The lowest BCUT2D eigenvalue weighted by Gasteiger charge is -2.15. The van der Waals surface area contributed by atoms with Crippen molar-refractivity contribution in [3.63, 3.8) is 0 Å². The van der Waals surface area contributed by atoms with Gasteiger partial charge in [0.2, 0.25) is 0 Å². The fourth-order valence-corrected chi connectivity index (χ4v) is 5.50. The molecule has 7 heteroatoms. The van der Waals surface area contributed by atoms with Crippen molar-refractivity contribution in [2.24, 2.45) is 0 Å². The third-order valence-electron chi connectivity index (χ3n) is 4.81. The molecule has 1 aromatic heterocycles. The largest absolute Gasteiger partial charge is 0.490 e. The Morgan fingerprint density at radius 1 is 1.07 bits per heavy atom. The third-order valence-corrected chi connectivity index (χ3v) is 7.21. The molecule has 4 rings (SSSR count). The van der Waals surface area contributed by atoms with Crippen LogP contribution in [0.5, 0.6) is 5.75 Å². The van der Waals surface area contributed by atoms with Gasteiger partial charge < -0.3 is 9.72 Å². The summed E-state index contributed by atoms with van der Waals surface area (Å²) in [6.07, 6.45) is 4.28. The summed E-state index contributed by atoms with van der Waals surface area (Å²) >= 11 is 12.5. The minimum absolute atomic E-state index is 0.396. The van der Waals surface area contributed by atoms with Crippen LogP contribution in [0, 0.1) is 0 Å². The molecule has 0 aliphatic carbocycles. The second kappa shape index (κ2) is 8.23. The molecule has 1 aliphatic heterocycles. The summed E-state index contributed by atoms with van der Waals surface area (Å²) in [7, 11) is -1.49. The molecule has 0 bridgehead atoms. The molecule has 0 radical (unpaired) electrons. The number of halogens is 2. The van der Waals surface area contributed by atoms with E-state index in [2.05, 4.69) is 9.88 Å². The van der Waals surface area contributed by atoms with Gasteiger partial charge in [-0.25, -0.2) is 4.21 Å². The zero-order valence-corrected chi connectivity index (χ0v) is 17.0. The highest BCUT2D eigenvalue weighted by Gasteiger charge is 2.20. The summed E-state index contributed by atoms with van der Waals surface area (Å²) in [5.41, 5.74) is 0.838. The van der Waals surface area contributed by atoms with Gasteiger partial charge in [0.25, 0.3) is 0 Å². The molecule has 0 saturated carbocycles. The Hall–Kier alpha value is -1.53. The topological polar surface area (TPSA) is 45.3 Å². The Balaban J connectivity index is 1.59. The zero-order chi connectivity index (χ0) is 18.8. The number of H-pyrrole nitrogens is 1. The monoisotopic (exact) mass is 422 g/mol. The average molecular weight is 423 g/mol. The minimum Gasteiger partial charge on any atom is -0.490 e. The van der Waals surface area contributed by atoms with E-state index in [1.54, 1.807) is 24.4 Å². The SMILES string of the molecule is O=S(c1c(Cl)cccc1Cl)c1c[nH]c2c(OCCN3CCCC3)cccc12. The summed E-state index contributed by atoms with van der Waals surface area (Å²) in [6.45, 7) is 3.85. The number of fused-ring (bicyclic) bond motifs is 1. The van der Waals surface area contributed by atoms with Crippen molar-refractivity contribution >= 4 is 44.9 Å². The van der Waals surface area contributed by atoms with Crippen LogP contribution in [-0.2, 0) is 10.8 Å². The number of ether oxygens (including phenoxy) is 1. The molecule has 3 aromatic rings. The second-order valence-corrected chi connectivity index (χ2v) is 8.75. The lowest BCUT2D eigenvalue weighted by Crippen LogP contribution is -2.25. The van der Waals surface area contributed by atoms with Gasteiger partial charge in [-0.2, -0.15) is 0 Å². The smallest absolute Gasteiger partial charge is 0.143 e. The van der Waals surface area contributed by atoms with Crippen molar-refractivity contribution in [2.45, 2.75) is 22.6 Å². The summed E-state index contributed by atoms with van der Waals surface area (Å²) in [5, 5.41) is 1.64. The summed E-state index contributed by atoms with van der Waals surface area (Å²) in [6, 6.07) is 10.9. The maximum absolute atomic E-state index is 13.1. The van der Waals surface area contributed by atoms with Crippen LogP contribution in [0.15, 0.2) is 52.4 Å². The first kappa shape index (κ1) is 18.8. The molecular formula is C20H20Cl2N2O2S. The molecule has 0 amide bonds. The van der Waals surface area contributed by atoms with Crippen LogP contribution in [0.1, 0.15) is 12.8 Å². The van der Waals surface area contributed by atoms with Crippen molar-refractivity contribution in [1.82, 2.24) is 9.88 Å². The molecule has 1 fully saturated rings. The molecule has 1 unspecified atom stereocenters. The van der Waals surface area contributed by atoms with E-state index < -0.39 is 10.8 Å². The maximum Gasteiger partial charge on any atom is 0.143 e. The Labute approximate surface area is 170 Å². The normalized spacial score (nSPS) is 16.1. The maximum atomic E-state index is 13.1. The quantitative estimate of drug-likeness (QED) is 0.599. The van der Waals surface area contributed by atoms with Crippen LogP contribution in [0.2, 0.25) is 10.0 Å². The molecule has 0 spiro atoms. The number of rotatable bonds is 6. The number of nitrogens with zero attached hydrogens (tertiary/aromatic N) is 1. The molecule has 1 N–H and O–H groups in total. The van der Waals surface area contributed by atoms with Crippen molar-refractivity contribution in [3.05, 3.63) is 52.6 Å². The van der Waals surface area contributed by atoms with Crippen LogP contribution < -0.4 is 4.74 Å². The van der Waals surface area contributed by atoms with Crippen LogP contribution in [-0.4, -0.2) is 40.3 Å². The molecule has 2 aromatic carbocycles. The van der Waals surface area contributed by atoms with E-state index in [9.17, 15) is 4.21 Å². The van der Waals surface area contributed by atoms with Gasteiger partial charge in [0.15, 0.2) is 0 Å². The Bertz CT molecular complexity index is 963. The number of benzene rings is 2. The van der Waals surface area contributed by atoms with Crippen LogP contribution >= 0.6 is 23.2 Å². The number of aromatic amines is 1. The summed E-state index contributed by atoms with van der Waals surface area (Å²) in [5.74, 6) is 0.764. The number of aromatic nitrogens is 1. The van der Waals surface area contributed by atoms with E-state index in [4.69, 9.17) is 27.9 Å². The molecule has 4 nitrogen and oxygen atoms in total. The van der Waals surface area contributed by atoms with E-state index in [-0.39, 0.29) is 0 Å². The molecule has 142 valence electrons.